The average Bonchev–Trinajstić information content (AvgIpc) is 2.63. The highest BCUT2D eigenvalue weighted by atomic mass is 79.9. The Hall–Kier alpha value is -1.20. The van der Waals surface area contributed by atoms with Crippen molar-refractivity contribution >= 4 is 15.9 Å². The van der Waals surface area contributed by atoms with Crippen molar-refractivity contribution in [2.24, 2.45) is 7.05 Å². The fourth-order valence-electron chi connectivity index (χ4n) is 1.53. The molecule has 0 aliphatic rings. The molecule has 0 amide bonds. The van der Waals surface area contributed by atoms with E-state index in [1.54, 1.807) is 10.9 Å². The predicted octanol–water partition coefficient (Wildman–Crippen LogP) is 2.05. The van der Waals surface area contributed by atoms with Crippen molar-refractivity contribution in [1.29, 1.82) is 0 Å². The van der Waals surface area contributed by atoms with Gasteiger partial charge in [0.1, 0.15) is 5.69 Å². The van der Waals surface area contributed by atoms with Crippen LogP contribution in [-0.2, 0) is 13.7 Å². The predicted molar refractivity (Wildman–Crippen MR) is 64.8 cm³/mol. The topological polar surface area (TPSA) is 50.9 Å². The molecule has 16 heavy (non-hydrogen) atoms. The summed E-state index contributed by atoms with van der Waals surface area (Å²) in [6, 6.07) is 3.83. The Morgan fingerprint density at radius 3 is 2.81 bits per heavy atom. The van der Waals surface area contributed by atoms with Crippen molar-refractivity contribution in [3.63, 3.8) is 0 Å². The van der Waals surface area contributed by atoms with Gasteiger partial charge in [-0.1, -0.05) is 0 Å². The number of aryl methyl sites for hydroxylation is 2. The van der Waals surface area contributed by atoms with Crippen molar-refractivity contribution in [2.75, 3.05) is 0 Å². The maximum Gasteiger partial charge on any atom is 0.112 e. The molecule has 0 saturated carbocycles. The molecule has 2 rings (SSSR count). The molecule has 0 saturated heterocycles. The molecule has 0 aliphatic heterocycles. The van der Waals surface area contributed by atoms with Gasteiger partial charge in [-0.05, 0) is 35.0 Å². The van der Waals surface area contributed by atoms with E-state index in [1.165, 1.54) is 0 Å². The van der Waals surface area contributed by atoms with Crippen molar-refractivity contribution in [3.8, 4) is 11.4 Å². The molecule has 5 heteroatoms. The molecule has 1 N–H and O–H groups in total. The fourth-order valence-corrected chi connectivity index (χ4v) is 1.75. The lowest BCUT2D eigenvalue weighted by atomic mass is 10.2. The summed E-state index contributed by atoms with van der Waals surface area (Å²) in [6.07, 6.45) is 1.68. The minimum atomic E-state index is -0.0391. The van der Waals surface area contributed by atoms with Gasteiger partial charge in [0.2, 0.25) is 0 Å². The van der Waals surface area contributed by atoms with E-state index in [0.717, 1.165) is 27.2 Å². The second-order valence-corrected chi connectivity index (χ2v) is 4.43. The Labute approximate surface area is 102 Å². The van der Waals surface area contributed by atoms with E-state index in [1.807, 2.05) is 26.1 Å². The van der Waals surface area contributed by atoms with Crippen LogP contribution in [0.2, 0.25) is 0 Å². The highest BCUT2D eigenvalue weighted by molar-refractivity contribution is 9.10. The van der Waals surface area contributed by atoms with Gasteiger partial charge in [-0.3, -0.25) is 4.98 Å². The molecule has 84 valence electrons. The molecule has 0 aliphatic carbocycles. The van der Waals surface area contributed by atoms with Crippen LogP contribution >= 0.6 is 15.9 Å². The van der Waals surface area contributed by atoms with E-state index in [0.29, 0.717) is 0 Å². The number of hydrogen-bond donors (Lipinski definition) is 1. The first-order valence-corrected chi connectivity index (χ1v) is 5.67. The first-order valence-electron chi connectivity index (χ1n) is 4.88. The zero-order valence-electron chi connectivity index (χ0n) is 9.11. The Morgan fingerprint density at radius 2 is 2.19 bits per heavy atom. The zero-order chi connectivity index (χ0) is 11.7. The summed E-state index contributed by atoms with van der Waals surface area (Å²) in [4.78, 5) is 8.68. The zero-order valence-corrected chi connectivity index (χ0v) is 10.7. The molecular weight excluding hydrogens is 270 g/mol. The maximum atomic E-state index is 9.28. The number of nitrogens with zero attached hydrogens (tertiary/aromatic N) is 3. The van der Waals surface area contributed by atoms with Crippen LogP contribution in [0.15, 0.2) is 22.9 Å². The molecule has 0 aromatic carbocycles. The summed E-state index contributed by atoms with van der Waals surface area (Å²) in [7, 11) is 1.85. The molecule has 2 aromatic heterocycles. The van der Waals surface area contributed by atoms with Gasteiger partial charge in [0, 0.05) is 11.5 Å². The van der Waals surface area contributed by atoms with E-state index < -0.39 is 0 Å². The van der Waals surface area contributed by atoms with Gasteiger partial charge >= 0.3 is 0 Å². The lowest BCUT2D eigenvalue weighted by Gasteiger charge is -2.04. The highest BCUT2D eigenvalue weighted by Gasteiger charge is 2.11. The van der Waals surface area contributed by atoms with Crippen LogP contribution in [0.4, 0.5) is 0 Å². The normalized spacial score (nSPS) is 10.8. The Balaban J connectivity index is 2.54. The number of aromatic nitrogens is 3. The lowest BCUT2D eigenvalue weighted by molar-refractivity contribution is 0.273. The minimum absolute atomic E-state index is 0.0391. The van der Waals surface area contributed by atoms with Crippen LogP contribution in [0.1, 0.15) is 11.4 Å². The number of aliphatic hydroxyl groups excluding tert-OH is 1. The summed E-state index contributed by atoms with van der Waals surface area (Å²) in [5.74, 6) is 0. The quantitative estimate of drug-likeness (QED) is 0.917. The molecule has 0 radical (unpaired) electrons. The van der Waals surface area contributed by atoms with Gasteiger partial charge in [0.05, 0.1) is 30.0 Å². The molecule has 2 aromatic rings. The van der Waals surface area contributed by atoms with E-state index in [2.05, 4.69) is 25.9 Å². The summed E-state index contributed by atoms with van der Waals surface area (Å²) >= 11 is 3.41. The molecule has 4 nitrogen and oxygen atoms in total. The van der Waals surface area contributed by atoms with Crippen molar-refractivity contribution < 1.29 is 5.11 Å². The van der Waals surface area contributed by atoms with Crippen LogP contribution < -0.4 is 0 Å². The third kappa shape index (κ3) is 1.88. The van der Waals surface area contributed by atoms with E-state index in [4.69, 9.17) is 0 Å². The number of pyridine rings is 1. The second-order valence-electron chi connectivity index (χ2n) is 3.57. The number of halogens is 1. The Morgan fingerprint density at radius 1 is 1.44 bits per heavy atom. The molecule has 0 bridgehead atoms. The summed E-state index contributed by atoms with van der Waals surface area (Å²) in [6.45, 7) is 1.89. The minimum Gasteiger partial charge on any atom is -0.390 e. The Bertz CT molecular complexity index is 522. The Kier molecular flexibility index (Phi) is 3.07. The van der Waals surface area contributed by atoms with Gasteiger partial charge in [0.25, 0.3) is 0 Å². The first kappa shape index (κ1) is 11.3. The third-order valence-electron chi connectivity index (χ3n) is 2.47. The van der Waals surface area contributed by atoms with Crippen LogP contribution in [-0.4, -0.2) is 19.6 Å². The second kappa shape index (κ2) is 4.35. The highest BCUT2D eigenvalue weighted by Crippen LogP contribution is 2.23. The molecule has 0 unspecified atom stereocenters. The van der Waals surface area contributed by atoms with E-state index in [-0.39, 0.29) is 6.61 Å². The maximum absolute atomic E-state index is 9.28. The van der Waals surface area contributed by atoms with Crippen LogP contribution in [0.5, 0.6) is 0 Å². The lowest BCUT2D eigenvalue weighted by Crippen LogP contribution is -1.97. The first-order chi connectivity index (χ1) is 7.63. The third-order valence-corrected chi connectivity index (χ3v) is 3.31. The van der Waals surface area contributed by atoms with Crippen molar-refractivity contribution in [3.05, 3.63) is 34.3 Å². The summed E-state index contributed by atoms with van der Waals surface area (Å²) < 4.78 is 2.77. The van der Waals surface area contributed by atoms with Crippen molar-refractivity contribution in [1.82, 2.24) is 14.5 Å². The molecule has 0 fully saturated rings. The molecule has 0 spiro atoms. The van der Waals surface area contributed by atoms with Gasteiger partial charge in [0.15, 0.2) is 0 Å². The largest absolute Gasteiger partial charge is 0.390 e. The number of imidazole rings is 1. The number of rotatable bonds is 2. The summed E-state index contributed by atoms with van der Waals surface area (Å²) in [5.41, 5.74) is 3.20. The fraction of sp³-hybridized carbons (Fsp3) is 0.273. The van der Waals surface area contributed by atoms with Gasteiger partial charge < -0.3 is 9.67 Å². The SMILES string of the molecule is Cc1nc(-c2ncn(C)c2CO)ccc1Br. The van der Waals surface area contributed by atoms with Crippen LogP contribution in [0.3, 0.4) is 0 Å². The van der Waals surface area contributed by atoms with Crippen LogP contribution in [0.25, 0.3) is 11.4 Å². The summed E-state index contributed by atoms with van der Waals surface area (Å²) in [5, 5.41) is 9.28. The monoisotopic (exact) mass is 281 g/mol. The molecule has 2 heterocycles. The van der Waals surface area contributed by atoms with E-state index in [9.17, 15) is 5.11 Å². The van der Waals surface area contributed by atoms with E-state index >= 15 is 0 Å². The van der Waals surface area contributed by atoms with Gasteiger partial charge in [-0.25, -0.2) is 4.98 Å². The van der Waals surface area contributed by atoms with Crippen molar-refractivity contribution in [2.45, 2.75) is 13.5 Å². The number of aliphatic hydroxyl groups is 1. The van der Waals surface area contributed by atoms with Gasteiger partial charge in [-0.2, -0.15) is 0 Å². The molecule has 0 atom stereocenters. The van der Waals surface area contributed by atoms with Crippen LogP contribution in [0, 0.1) is 6.92 Å². The average molecular weight is 282 g/mol. The number of hydrogen-bond acceptors (Lipinski definition) is 3. The smallest absolute Gasteiger partial charge is 0.112 e. The standard InChI is InChI=1S/C11H12BrN3O/c1-7-8(12)3-4-9(14-7)11-10(5-16)15(2)6-13-11/h3-4,6,16H,5H2,1-2H3. The molecular formula is C11H12BrN3O. The van der Waals surface area contributed by atoms with Gasteiger partial charge in [-0.15, -0.1) is 0 Å².